The fourth-order valence-corrected chi connectivity index (χ4v) is 2.62. The van der Waals surface area contributed by atoms with E-state index in [9.17, 15) is 9.59 Å². The van der Waals surface area contributed by atoms with Gasteiger partial charge in [-0.25, -0.2) is 9.78 Å². The predicted molar refractivity (Wildman–Crippen MR) is 96.8 cm³/mol. The van der Waals surface area contributed by atoms with Crippen LogP contribution in [-0.4, -0.2) is 22.1 Å². The summed E-state index contributed by atoms with van der Waals surface area (Å²) in [5, 5.41) is 0.595. The number of fused-ring (bicyclic) bond motifs is 1. The summed E-state index contributed by atoms with van der Waals surface area (Å²) in [5.74, 6) is -0.341. The van der Waals surface area contributed by atoms with E-state index < -0.39 is 0 Å². The van der Waals surface area contributed by atoms with Crippen LogP contribution < -0.4 is 5.56 Å². The lowest BCUT2D eigenvalue weighted by Gasteiger charge is -2.08. The zero-order valence-corrected chi connectivity index (χ0v) is 14.4. The summed E-state index contributed by atoms with van der Waals surface area (Å²) in [6.07, 6.45) is 2.09. The highest BCUT2D eigenvalue weighted by Gasteiger charge is 2.08. The first-order chi connectivity index (χ1) is 12.1. The monoisotopic (exact) mass is 336 g/mol. The molecule has 1 heterocycles. The van der Waals surface area contributed by atoms with E-state index in [1.54, 1.807) is 16.7 Å². The second-order valence-corrected chi connectivity index (χ2v) is 6.05. The Labute approximate surface area is 145 Å². The highest BCUT2D eigenvalue weighted by molar-refractivity contribution is 5.89. The quantitative estimate of drug-likeness (QED) is 0.530. The van der Waals surface area contributed by atoms with E-state index in [0.29, 0.717) is 29.4 Å². The van der Waals surface area contributed by atoms with Gasteiger partial charge in [0.25, 0.3) is 5.56 Å². The first kappa shape index (κ1) is 16.9. The van der Waals surface area contributed by atoms with E-state index >= 15 is 0 Å². The fourth-order valence-electron chi connectivity index (χ4n) is 2.62. The molecule has 128 valence electrons. The Kier molecular flexibility index (Phi) is 4.93. The second-order valence-electron chi connectivity index (χ2n) is 6.05. The van der Waals surface area contributed by atoms with Gasteiger partial charge in [-0.05, 0) is 55.7 Å². The fraction of sp³-hybridized carbons (Fsp3) is 0.250. The summed E-state index contributed by atoms with van der Waals surface area (Å²) in [6, 6.07) is 12.8. The predicted octanol–water partition coefficient (Wildman–Crippen LogP) is 3.26. The van der Waals surface area contributed by atoms with Crippen LogP contribution in [0.15, 0.2) is 53.6 Å². The average Bonchev–Trinajstić information content (AvgIpc) is 2.62. The zero-order valence-electron chi connectivity index (χ0n) is 14.4. The van der Waals surface area contributed by atoms with Crippen LogP contribution in [0.2, 0.25) is 0 Å². The minimum atomic E-state index is -0.341. The molecule has 3 aromatic rings. The van der Waals surface area contributed by atoms with Gasteiger partial charge < -0.3 is 4.74 Å². The van der Waals surface area contributed by atoms with Crippen molar-refractivity contribution < 1.29 is 9.53 Å². The van der Waals surface area contributed by atoms with Crippen molar-refractivity contribution in [2.24, 2.45) is 0 Å². The number of hydrogen-bond acceptors (Lipinski definition) is 4. The lowest BCUT2D eigenvalue weighted by atomic mass is 10.1. The number of nitrogens with zero attached hydrogens (tertiary/aromatic N) is 2. The van der Waals surface area contributed by atoms with Crippen LogP contribution >= 0.6 is 0 Å². The van der Waals surface area contributed by atoms with Gasteiger partial charge in [0.05, 0.1) is 29.4 Å². The Balaban J connectivity index is 1.58. The minimum absolute atomic E-state index is 0.0777. The normalized spacial score (nSPS) is 10.8. The number of aromatic nitrogens is 2. The second kappa shape index (κ2) is 7.30. The third kappa shape index (κ3) is 3.76. The van der Waals surface area contributed by atoms with Gasteiger partial charge in [0, 0.05) is 6.54 Å². The maximum atomic E-state index is 12.4. The summed E-state index contributed by atoms with van der Waals surface area (Å²) in [4.78, 5) is 28.7. The molecule has 0 saturated heterocycles. The third-order valence-electron chi connectivity index (χ3n) is 4.25. The maximum Gasteiger partial charge on any atom is 0.338 e. The van der Waals surface area contributed by atoms with Gasteiger partial charge in [0.15, 0.2) is 0 Å². The molecule has 5 heteroatoms. The van der Waals surface area contributed by atoms with Gasteiger partial charge in [0.1, 0.15) is 0 Å². The van der Waals surface area contributed by atoms with Crippen molar-refractivity contribution in [3.63, 3.8) is 0 Å². The van der Waals surface area contributed by atoms with Crippen LogP contribution in [0.3, 0.4) is 0 Å². The molecule has 0 radical (unpaired) electrons. The van der Waals surface area contributed by atoms with Gasteiger partial charge >= 0.3 is 5.97 Å². The molecule has 0 spiro atoms. The number of ether oxygens (including phenoxy) is 1. The molecule has 25 heavy (non-hydrogen) atoms. The molecule has 5 nitrogen and oxygen atoms in total. The molecule has 0 aliphatic rings. The van der Waals surface area contributed by atoms with Gasteiger partial charge in [-0.15, -0.1) is 0 Å². The maximum absolute atomic E-state index is 12.4. The van der Waals surface area contributed by atoms with Crippen LogP contribution in [0.5, 0.6) is 0 Å². The number of para-hydroxylation sites is 1. The van der Waals surface area contributed by atoms with E-state index in [0.717, 1.165) is 11.1 Å². The summed E-state index contributed by atoms with van der Waals surface area (Å²) in [7, 11) is 0. The Morgan fingerprint density at radius 2 is 1.92 bits per heavy atom. The van der Waals surface area contributed by atoms with Crippen molar-refractivity contribution in [1.82, 2.24) is 9.55 Å². The SMILES string of the molecule is Cc1ccc(C(=O)OCCCn2cnc3ccccc3c2=O)cc1C. The molecule has 0 aliphatic heterocycles. The van der Waals surface area contributed by atoms with Crippen molar-refractivity contribution >= 4 is 16.9 Å². The Hall–Kier alpha value is -2.95. The highest BCUT2D eigenvalue weighted by atomic mass is 16.5. The first-order valence-corrected chi connectivity index (χ1v) is 8.25. The number of rotatable bonds is 5. The standard InChI is InChI=1S/C20H20N2O3/c1-14-8-9-16(12-15(14)2)20(24)25-11-5-10-22-13-21-18-7-4-3-6-17(18)19(22)23/h3-4,6-9,12-13H,5,10-11H2,1-2H3. The van der Waals surface area contributed by atoms with Crippen LogP contribution in [0.1, 0.15) is 27.9 Å². The average molecular weight is 336 g/mol. The number of benzene rings is 2. The molecule has 0 fully saturated rings. The number of aryl methyl sites for hydroxylation is 3. The van der Waals surface area contributed by atoms with Crippen molar-refractivity contribution in [2.45, 2.75) is 26.8 Å². The molecule has 2 aromatic carbocycles. The molecule has 0 amide bonds. The zero-order chi connectivity index (χ0) is 17.8. The summed E-state index contributed by atoms with van der Waals surface area (Å²) < 4.78 is 6.85. The Morgan fingerprint density at radius 3 is 2.72 bits per heavy atom. The van der Waals surface area contributed by atoms with Crippen molar-refractivity contribution in [2.75, 3.05) is 6.61 Å². The number of hydrogen-bond donors (Lipinski definition) is 0. The van der Waals surface area contributed by atoms with Crippen LogP contribution in [0.4, 0.5) is 0 Å². The van der Waals surface area contributed by atoms with Crippen LogP contribution in [-0.2, 0) is 11.3 Å². The molecule has 0 aliphatic carbocycles. The van der Waals surface area contributed by atoms with Crippen LogP contribution in [0, 0.1) is 13.8 Å². The lowest BCUT2D eigenvalue weighted by Crippen LogP contribution is -2.21. The van der Waals surface area contributed by atoms with Gasteiger partial charge in [-0.1, -0.05) is 18.2 Å². The molecule has 0 saturated carbocycles. The molecule has 0 atom stereocenters. The van der Waals surface area contributed by atoms with E-state index in [1.807, 2.05) is 44.2 Å². The van der Waals surface area contributed by atoms with E-state index in [1.165, 1.54) is 6.33 Å². The van der Waals surface area contributed by atoms with Gasteiger partial charge in [-0.2, -0.15) is 0 Å². The Morgan fingerprint density at radius 1 is 1.12 bits per heavy atom. The molecule has 1 aromatic heterocycles. The number of carbonyl (C=O) groups is 1. The number of carbonyl (C=O) groups excluding carboxylic acids is 1. The number of esters is 1. The van der Waals surface area contributed by atoms with E-state index in [4.69, 9.17) is 4.74 Å². The highest BCUT2D eigenvalue weighted by Crippen LogP contribution is 2.11. The molecular weight excluding hydrogens is 316 g/mol. The largest absolute Gasteiger partial charge is 0.462 e. The molecule has 0 unspecified atom stereocenters. The lowest BCUT2D eigenvalue weighted by molar-refractivity contribution is 0.0495. The van der Waals surface area contributed by atoms with Gasteiger partial charge in [0.2, 0.25) is 0 Å². The van der Waals surface area contributed by atoms with E-state index in [2.05, 4.69) is 4.98 Å². The molecule has 3 rings (SSSR count). The summed E-state index contributed by atoms with van der Waals surface area (Å²) in [5.41, 5.74) is 3.35. The van der Waals surface area contributed by atoms with E-state index in [-0.39, 0.29) is 18.1 Å². The van der Waals surface area contributed by atoms with Crippen LogP contribution in [0.25, 0.3) is 10.9 Å². The van der Waals surface area contributed by atoms with Crippen molar-refractivity contribution in [3.05, 3.63) is 75.8 Å². The summed E-state index contributed by atoms with van der Waals surface area (Å²) in [6.45, 7) is 4.67. The summed E-state index contributed by atoms with van der Waals surface area (Å²) >= 11 is 0. The molecular formula is C20H20N2O3. The molecule has 0 N–H and O–H groups in total. The van der Waals surface area contributed by atoms with Crippen molar-refractivity contribution in [1.29, 1.82) is 0 Å². The topological polar surface area (TPSA) is 61.2 Å². The van der Waals surface area contributed by atoms with Crippen molar-refractivity contribution in [3.8, 4) is 0 Å². The van der Waals surface area contributed by atoms with Gasteiger partial charge in [-0.3, -0.25) is 9.36 Å². The third-order valence-corrected chi connectivity index (χ3v) is 4.25. The smallest absolute Gasteiger partial charge is 0.338 e. The first-order valence-electron chi connectivity index (χ1n) is 8.25. The Bertz CT molecular complexity index is 976. The molecule has 0 bridgehead atoms. The minimum Gasteiger partial charge on any atom is -0.462 e.